The van der Waals surface area contributed by atoms with Crippen LogP contribution in [0, 0.1) is 0 Å². The molecule has 0 spiro atoms. The second-order valence-corrected chi connectivity index (χ2v) is 3.95. The van der Waals surface area contributed by atoms with Crippen LogP contribution in [0.5, 0.6) is 5.75 Å². The van der Waals surface area contributed by atoms with Gasteiger partial charge in [0.15, 0.2) is 0 Å². The van der Waals surface area contributed by atoms with Gasteiger partial charge in [-0.05, 0) is 25.1 Å². The Hall–Kier alpha value is -2.14. The van der Waals surface area contributed by atoms with Crippen molar-refractivity contribution in [3.8, 4) is 5.75 Å². The first-order valence-corrected chi connectivity index (χ1v) is 6.04. The van der Waals surface area contributed by atoms with E-state index in [0.717, 1.165) is 16.5 Å². The highest BCUT2D eigenvalue weighted by molar-refractivity contribution is 6.05. The Morgan fingerprint density at radius 1 is 1.37 bits per heavy atom. The monoisotopic (exact) mass is 260 g/mol. The zero-order valence-electron chi connectivity index (χ0n) is 11.0. The zero-order valence-corrected chi connectivity index (χ0v) is 11.0. The van der Waals surface area contributed by atoms with Crippen molar-refractivity contribution < 1.29 is 14.3 Å². The third-order valence-electron chi connectivity index (χ3n) is 2.87. The topological polar surface area (TPSA) is 74.4 Å². The Balaban J connectivity index is 2.67. The minimum atomic E-state index is -0.392. The van der Waals surface area contributed by atoms with E-state index < -0.39 is 5.97 Å². The highest BCUT2D eigenvalue weighted by atomic mass is 16.5. The Morgan fingerprint density at radius 2 is 2.16 bits per heavy atom. The molecule has 0 aliphatic rings. The number of carbonyl (C=O) groups excluding carboxylic acids is 1. The molecule has 0 radical (unpaired) electrons. The first kappa shape index (κ1) is 13.3. The fourth-order valence-electron chi connectivity index (χ4n) is 1.94. The van der Waals surface area contributed by atoms with Gasteiger partial charge in [0.05, 0.1) is 25.0 Å². The highest BCUT2D eigenvalue weighted by Crippen LogP contribution is 2.26. The van der Waals surface area contributed by atoms with Crippen LogP contribution in [0.25, 0.3) is 10.8 Å². The van der Waals surface area contributed by atoms with Crippen molar-refractivity contribution in [2.24, 2.45) is 5.73 Å². The van der Waals surface area contributed by atoms with Crippen LogP contribution in [0.1, 0.15) is 23.0 Å². The van der Waals surface area contributed by atoms with Gasteiger partial charge >= 0.3 is 5.97 Å². The maximum atomic E-state index is 11.9. The molecule has 19 heavy (non-hydrogen) atoms. The quantitative estimate of drug-likeness (QED) is 0.849. The van der Waals surface area contributed by atoms with Gasteiger partial charge in [-0.3, -0.25) is 4.98 Å². The second-order valence-electron chi connectivity index (χ2n) is 3.95. The van der Waals surface area contributed by atoms with Crippen molar-refractivity contribution in [3.05, 3.63) is 35.7 Å². The summed E-state index contributed by atoms with van der Waals surface area (Å²) in [5, 5.41) is 1.59. The van der Waals surface area contributed by atoms with Crippen molar-refractivity contribution in [1.82, 2.24) is 4.98 Å². The van der Waals surface area contributed by atoms with Crippen molar-refractivity contribution in [2.75, 3.05) is 13.7 Å². The highest BCUT2D eigenvalue weighted by Gasteiger charge is 2.14. The molecule has 5 nitrogen and oxygen atoms in total. The lowest BCUT2D eigenvalue weighted by atomic mass is 10.0. The number of hydrogen-bond donors (Lipinski definition) is 1. The molecule has 2 N–H and O–H groups in total. The van der Waals surface area contributed by atoms with E-state index in [-0.39, 0.29) is 0 Å². The van der Waals surface area contributed by atoms with Crippen LogP contribution in [0.15, 0.2) is 24.4 Å². The number of methoxy groups -OCH3 is 1. The third-order valence-corrected chi connectivity index (χ3v) is 2.87. The molecule has 0 unspecified atom stereocenters. The number of pyridine rings is 1. The zero-order chi connectivity index (χ0) is 13.8. The fraction of sp³-hybridized carbons (Fsp3) is 0.286. The van der Waals surface area contributed by atoms with Crippen LogP contribution in [0.3, 0.4) is 0 Å². The van der Waals surface area contributed by atoms with Crippen LogP contribution >= 0.6 is 0 Å². The van der Waals surface area contributed by atoms with E-state index in [2.05, 4.69) is 4.98 Å². The van der Waals surface area contributed by atoms with Gasteiger partial charge in [-0.2, -0.15) is 0 Å². The van der Waals surface area contributed by atoms with E-state index in [1.54, 1.807) is 20.1 Å². The largest absolute Gasteiger partial charge is 0.497 e. The molecule has 1 aromatic heterocycles. The lowest BCUT2D eigenvalue weighted by molar-refractivity contribution is 0.0528. The summed E-state index contributed by atoms with van der Waals surface area (Å²) in [5.74, 6) is 0.282. The summed E-state index contributed by atoms with van der Waals surface area (Å²) >= 11 is 0. The molecule has 1 aromatic carbocycles. The van der Waals surface area contributed by atoms with E-state index >= 15 is 0 Å². The number of rotatable bonds is 4. The van der Waals surface area contributed by atoms with E-state index in [4.69, 9.17) is 15.2 Å². The van der Waals surface area contributed by atoms with E-state index in [0.29, 0.717) is 24.5 Å². The van der Waals surface area contributed by atoms with Crippen molar-refractivity contribution in [1.29, 1.82) is 0 Å². The Bertz CT molecular complexity index is 611. The number of esters is 1. The number of carbonyl (C=O) groups is 1. The summed E-state index contributed by atoms with van der Waals surface area (Å²) in [6, 6.07) is 5.46. The minimum absolute atomic E-state index is 0.311. The van der Waals surface area contributed by atoms with Crippen LogP contribution in [0.2, 0.25) is 0 Å². The molecule has 5 heteroatoms. The molecule has 2 aromatic rings. The third kappa shape index (κ3) is 2.51. The average Bonchev–Trinajstić information content (AvgIpc) is 2.45. The molecular formula is C14H16N2O3. The van der Waals surface area contributed by atoms with E-state index in [9.17, 15) is 4.79 Å². The van der Waals surface area contributed by atoms with E-state index in [1.807, 2.05) is 12.1 Å². The number of benzene rings is 1. The van der Waals surface area contributed by atoms with Crippen LogP contribution in [-0.2, 0) is 11.3 Å². The molecule has 0 amide bonds. The van der Waals surface area contributed by atoms with Crippen molar-refractivity contribution >= 4 is 16.7 Å². The summed E-state index contributed by atoms with van der Waals surface area (Å²) < 4.78 is 10.2. The first-order valence-electron chi connectivity index (χ1n) is 6.04. The Kier molecular flexibility index (Phi) is 3.97. The number of hydrogen-bond acceptors (Lipinski definition) is 5. The van der Waals surface area contributed by atoms with Gasteiger partial charge in [-0.1, -0.05) is 0 Å². The molecule has 0 fully saturated rings. The van der Waals surface area contributed by atoms with Gasteiger partial charge in [0.1, 0.15) is 5.75 Å². The molecule has 2 rings (SSSR count). The SMILES string of the molecule is CCOC(=O)c1cnc(CN)c2ccc(OC)cc12. The number of nitrogens with two attached hydrogens (primary N) is 1. The van der Waals surface area contributed by atoms with Gasteiger partial charge < -0.3 is 15.2 Å². The second kappa shape index (κ2) is 5.67. The minimum Gasteiger partial charge on any atom is -0.497 e. The number of aromatic nitrogens is 1. The maximum Gasteiger partial charge on any atom is 0.340 e. The molecule has 0 aliphatic carbocycles. The maximum absolute atomic E-state index is 11.9. The van der Waals surface area contributed by atoms with Crippen LogP contribution in [-0.4, -0.2) is 24.7 Å². The number of nitrogens with zero attached hydrogens (tertiary/aromatic N) is 1. The van der Waals surface area contributed by atoms with E-state index in [1.165, 1.54) is 6.20 Å². The predicted molar refractivity (Wildman–Crippen MR) is 72.1 cm³/mol. The Morgan fingerprint density at radius 3 is 2.79 bits per heavy atom. The van der Waals surface area contributed by atoms with Gasteiger partial charge in [0, 0.05) is 23.5 Å². The normalized spacial score (nSPS) is 10.5. The van der Waals surface area contributed by atoms with Crippen molar-refractivity contribution in [3.63, 3.8) is 0 Å². The summed E-state index contributed by atoms with van der Waals surface area (Å²) in [7, 11) is 1.58. The summed E-state index contributed by atoms with van der Waals surface area (Å²) in [6.45, 7) is 2.40. The summed E-state index contributed by atoms with van der Waals surface area (Å²) in [6.07, 6.45) is 1.50. The molecule has 0 atom stereocenters. The number of fused-ring (bicyclic) bond motifs is 1. The molecule has 1 heterocycles. The average molecular weight is 260 g/mol. The summed E-state index contributed by atoms with van der Waals surface area (Å²) in [4.78, 5) is 16.1. The molecule has 100 valence electrons. The number of ether oxygens (including phenoxy) is 2. The lowest BCUT2D eigenvalue weighted by Gasteiger charge is -2.10. The molecule has 0 saturated carbocycles. The van der Waals surface area contributed by atoms with Crippen LogP contribution in [0.4, 0.5) is 0 Å². The Labute approximate surface area is 111 Å². The van der Waals surface area contributed by atoms with Gasteiger partial charge in [0.2, 0.25) is 0 Å². The molecule has 0 bridgehead atoms. The standard InChI is InChI=1S/C14H16N2O3/c1-3-19-14(17)12-8-16-13(7-15)10-5-4-9(18-2)6-11(10)12/h4-6,8H,3,7,15H2,1-2H3. The first-order chi connectivity index (χ1) is 9.21. The van der Waals surface area contributed by atoms with Crippen LogP contribution < -0.4 is 10.5 Å². The van der Waals surface area contributed by atoms with Gasteiger partial charge in [-0.15, -0.1) is 0 Å². The lowest BCUT2D eigenvalue weighted by Crippen LogP contribution is -2.09. The molecule has 0 saturated heterocycles. The summed E-state index contributed by atoms with van der Waals surface area (Å²) in [5.41, 5.74) is 6.83. The fourth-order valence-corrected chi connectivity index (χ4v) is 1.94. The predicted octanol–water partition coefficient (Wildman–Crippen LogP) is 1.88. The van der Waals surface area contributed by atoms with Gasteiger partial charge in [-0.25, -0.2) is 4.79 Å². The van der Waals surface area contributed by atoms with Gasteiger partial charge in [0.25, 0.3) is 0 Å². The molecular weight excluding hydrogens is 244 g/mol. The molecule has 0 aliphatic heterocycles. The smallest absolute Gasteiger partial charge is 0.340 e. The van der Waals surface area contributed by atoms with Crippen molar-refractivity contribution in [2.45, 2.75) is 13.5 Å².